The van der Waals surface area contributed by atoms with Crippen molar-refractivity contribution in [1.29, 1.82) is 0 Å². The van der Waals surface area contributed by atoms with Crippen molar-refractivity contribution in [3.8, 4) is 39.5 Å². The first kappa shape index (κ1) is 22.8. The summed E-state index contributed by atoms with van der Waals surface area (Å²) >= 11 is 0. The van der Waals surface area contributed by atoms with Crippen LogP contribution >= 0.6 is 0 Å². The Morgan fingerprint density at radius 1 is 0.919 bits per heavy atom. The van der Waals surface area contributed by atoms with E-state index in [0.29, 0.717) is 29.2 Å². The molecule has 0 saturated carbocycles. The number of fused-ring (bicyclic) bond motifs is 2. The molecule has 0 spiro atoms. The van der Waals surface area contributed by atoms with Crippen molar-refractivity contribution < 1.29 is 9.13 Å². The van der Waals surface area contributed by atoms with Gasteiger partial charge < -0.3 is 14.6 Å². The van der Waals surface area contributed by atoms with Crippen LogP contribution in [0.5, 0.6) is 5.75 Å². The molecule has 0 fully saturated rings. The molecule has 0 radical (unpaired) electrons. The fraction of sp³-hybridized carbons (Fsp3) is 0.143. The van der Waals surface area contributed by atoms with Crippen molar-refractivity contribution in [2.24, 2.45) is 0 Å². The standard InChI is InChI=1S/C28H24FN7O/c1-36(2)9-10-37-20-12-17(11-19(29)14-20)21-6-8-31-27-22(21)15-25(33-27)26-23-13-18(16-32-28(23)35-34-26)24-5-3-4-7-30-24/h3-8,11-16H,9-10H2,1-2H3,(H,31,33)(H,32,34,35). The topological polar surface area (TPSA) is 95.6 Å². The first-order valence-electron chi connectivity index (χ1n) is 11.9. The molecule has 37 heavy (non-hydrogen) atoms. The van der Waals surface area contributed by atoms with Crippen LogP contribution in [0.15, 0.2) is 73.2 Å². The Balaban J connectivity index is 1.41. The molecule has 0 saturated heterocycles. The molecule has 2 N–H and O–H groups in total. The van der Waals surface area contributed by atoms with Crippen LogP contribution in [0, 0.1) is 5.82 Å². The molecule has 0 amide bonds. The van der Waals surface area contributed by atoms with Gasteiger partial charge in [0.2, 0.25) is 0 Å². The zero-order chi connectivity index (χ0) is 25.4. The van der Waals surface area contributed by atoms with Gasteiger partial charge in [-0.1, -0.05) is 6.07 Å². The van der Waals surface area contributed by atoms with Gasteiger partial charge in [-0.05, 0) is 67.7 Å². The van der Waals surface area contributed by atoms with E-state index in [1.54, 1.807) is 18.6 Å². The fourth-order valence-electron chi connectivity index (χ4n) is 4.34. The summed E-state index contributed by atoms with van der Waals surface area (Å²) in [5.41, 5.74) is 6.17. The van der Waals surface area contributed by atoms with Gasteiger partial charge in [-0.25, -0.2) is 14.4 Å². The summed E-state index contributed by atoms with van der Waals surface area (Å²) in [4.78, 5) is 18.8. The Morgan fingerprint density at radius 2 is 1.84 bits per heavy atom. The average molecular weight is 494 g/mol. The number of hydrogen-bond donors (Lipinski definition) is 2. The van der Waals surface area contributed by atoms with Crippen LogP contribution in [0.3, 0.4) is 0 Å². The van der Waals surface area contributed by atoms with Crippen LogP contribution in [0.1, 0.15) is 0 Å². The number of pyridine rings is 3. The normalized spacial score (nSPS) is 11.6. The third kappa shape index (κ3) is 4.52. The monoisotopic (exact) mass is 493 g/mol. The lowest BCUT2D eigenvalue weighted by atomic mass is 10.0. The van der Waals surface area contributed by atoms with Crippen molar-refractivity contribution in [2.75, 3.05) is 27.2 Å². The van der Waals surface area contributed by atoms with E-state index in [4.69, 9.17) is 4.74 Å². The number of aromatic amines is 2. The molecule has 5 aromatic heterocycles. The summed E-state index contributed by atoms with van der Waals surface area (Å²) in [5, 5.41) is 9.20. The molecular formula is C28H24FN7O. The van der Waals surface area contributed by atoms with E-state index in [9.17, 15) is 4.39 Å². The third-order valence-electron chi connectivity index (χ3n) is 6.16. The van der Waals surface area contributed by atoms with Gasteiger partial charge in [0.15, 0.2) is 5.65 Å². The first-order valence-corrected chi connectivity index (χ1v) is 11.9. The maximum absolute atomic E-state index is 14.5. The van der Waals surface area contributed by atoms with Crippen molar-refractivity contribution in [1.82, 2.24) is 35.0 Å². The number of ether oxygens (including phenoxy) is 1. The van der Waals surface area contributed by atoms with E-state index in [1.807, 2.05) is 61.5 Å². The SMILES string of the molecule is CN(C)CCOc1cc(F)cc(-c2ccnc3[nH]c(-c4[nH]nc5ncc(-c6ccccn6)cc45)cc23)c1. The molecule has 0 aliphatic carbocycles. The number of hydrogen-bond acceptors (Lipinski definition) is 6. The molecule has 0 atom stereocenters. The van der Waals surface area contributed by atoms with Crippen LogP contribution in [0.25, 0.3) is 55.8 Å². The molecular weight excluding hydrogens is 469 g/mol. The van der Waals surface area contributed by atoms with Gasteiger partial charge in [-0.3, -0.25) is 10.1 Å². The molecule has 9 heteroatoms. The summed E-state index contributed by atoms with van der Waals surface area (Å²) in [6, 6.07) is 16.4. The molecule has 0 unspecified atom stereocenters. The highest BCUT2D eigenvalue weighted by molar-refractivity contribution is 5.99. The number of H-pyrrole nitrogens is 2. The number of nitrogens with one attached hydrogen (secondary N) is 2. The summed E-state index contributed by atoms with van der Waals surface area (Å²) in [5.74, 6) is 0.135. The molecule has 8 nitrogen and oxygen atoms in total. The molecule has 6 aromatic rings. The molecule has 184 valence electrons. The predicted molar refractivity (Wildman–Crippen MR) is 142 cm³/mol. The number of halogens is 1. The van der Waals surface area contributed by atoms with E-state index in [2.05, 4.69) is 30.1 Å². The Labute approximate surface area is 212 Å². The zero-order valence-corrected chi connectivity index (χ0v) is 20.4. The number of likely N-dealkylation sites (N-methyl/N-ethyl adjacent to an activating group) is 1. The second kappa shape index (κ2) is 9.44. The van der Waals surface area contributed by atoms with Crippen LogP contribution < -0.4 is 4.74 Å². The molecule has 0 aliphatic rings. The number of benzene rings is 1. The number of rotatable bonds is 7. The van der Waals surface area contributed by atoms with Crippen molar-refractivity contribution in [3.63, 3.8) is 0 Å². The summed E-state index contributed by atoms with van der Waals surface area (Å²) < 4.78 is 20.3. The van der Waals surface area contributed by atoms with Crippen molar-refractivity contribution in [2.45, 2.75) is 0 Å². The smallest absolute Gasteiger partial charge is 0.181 e. The van der Waals surface area contributed by atoms with Crippen LogP contribution in [-0.2, 0) is 0 Å². The van der Waals surface area contributed by atoms with Gasteiger partial charge in [0.05, 0.1) is 17.1 Å². The number of nitrogens with zero attached hydrogens (tertiary/aromatic N) is 5. The van der Waals surface area contributed by atoms with Gasteiger partial charge in [-0.2, -0.15) is 5.10 Å². The van der Waals surface area contributed by atoms with E-state index in [-0.39, 0.29) is 5.82 Å². The van der Waals surface area contributed by atoms with E-state index in [0.717, 1.165) is 45.5 Å². The van der Waals surface area contributed by atoms with Crippen LogP contribution in [0.4, 0.5) is 4.39 Å². The van der Waals surface area contributed by atoms with Gasteiger partial charge in [0.25, 0.3) is 0 Å². The Morgan fingerprint density at radius 3 is 2.68 bits per heavy atom. The minimum atomic E-state index is -0.356. The highest BCUT2D eigenvalue weighted by Crippen LogP contribution is 2.35. The molecule has 5 heterocycles. The van der Waals surface area contributed by atoms with E-state index < -0.39 is 0 Å². The quantitative estimate of drug-likeness (QED) is 0.313. The molecule has 6 rings (SSSR count). The lowest BCUT2D eigenvalue weighted by Crippen LogP contribution is -2.19. The maximum atomic E-state index is 14.5. The summed E-state index contributed by atoms with van der Waals surface area (Å²) in [6.45, 7) is 1.21. The van der Waals surface area contributed by atoms with Gasteiger partial charge in [-0.15, -0.1) is 0 Å². The Bertz CT molecular complexity index is 1710. The molecule has 1 aromatic carbocycles. The third-order valence-corrected chi connectivity index (χ3v) is 6.16. The average Bonchev–Trinajstić information content (AvgIpc) is 3.52. The van der Waals surface area contributed by atoms with Crippen LogP contribution in [0.2, 0.25) is 0 Å². The van der Waals surface area contributed by atoms with E-state index in [1.165, 1.54) is 12.1 Å². The van der Waals surface area contributed by atoms with Gasteiger partial charge in [0.1, 0.15) is 23.8 Å². The highest BCUT2D eigenvalue weighted by atomic mass is 19.1. The first-order chi connectivity index (χ1) is 18.0. The zero-order valence-electron chi connectivity index (χ0n) is 20.4. The summed E-state index contributed by atoms with van der Waals surface area (Å²) in [7, 11) is 3.94. The van der Waals surface area contributed by atoms with Crippen LogP contribution in [-0.4, -0.2) is 62.3 Å². The second-order valence-corrected chi connectivity index (χ2v) is 9.04. The summed E-state index contributed by atoms with van der Waals surface area (Å²) in [6.07, 6.45) is 5.23. The minimum Gasteiger partial charge on any atom is -0.492 e. The van der Waals surface area contributed by atoms with Crippen molar-refractivity contribution in [3.05, 3.63) is 79.0 Å². The molecule has 0 bridgehead atoms. The van der Waals surface area contributed by atoms with E-state index >= 15 is 0 Å². The lowest BCUT2D eigenvalue weighted by Gasteiger charge is -2.12. The molecule has 0 aliphatic heterocycles. The van der Waals surface area contributed by atoms with Gasteiger partial charge >= 0.3 is 0 Å². The largest absolute Gasteiger partial charge is 0.492 e. The second-order valence-electron chi connectivity index (χ2n) is 9.04. The maximum Gasteiger partial charge on any atom is 0.181 e. The highest BCUT2D eigenvalue weighted by Gasteiger charge is 2.16. The van der Waals surface area contributed by atoms with Crippen molar-refractivity contribution >= 4 is 22.1 Å². The van der Waals surface area contributed by atoms with Gasteiger partial charge in [0, 0.05) is 47.5 Å². The number of aromatic nitrogens is 6. The lowest BCUT2D eigenvalue weighted by molar-refractivity contribution is 0.260. The minimum absolute atomic E-state index is 0.356. The predicted octanol–water partition coefficient (Wildman–Crippen LogP) is 5.31. The fourth-order valence-corrected chi connectivity index (χ4v) is 4.34. The Kier molecular flexibility index (Phi) is 5.82. The Hall–Kier alpha value is -4.63.